The predicted molar refractivity (Wildman–Crippen MR) is 73.6 cm³/mol. The van der Waals surface area contributed by atoms with Gasteiger partial charge in [-0.25, -0.2) is 4.39 Å². The van der Waals surface area contributed by atoms with Crippen molar-refractivity contribution in [2.75, 3.05) is 0 Å². The zero-order valence-electron chi connectivity index (χ0n) is 10.0. The first kappa shape index (κ1) is 13.2. The van der Waals surface area contributed by atoms with Crippen LogP contribution in [0.4, 0.5) is 4.39 Å². The van der Waals surface area contributed by atoms with Gasteiger partial charge in [0.15, 0.2) is 0 Å². The first-order valence-electron chi connectivity index (χ1n) is 5.74. The second-order valence-corrected chi connectivity index (χ2v) is 5.05. The Morgan fingerprint density at radius 1 is 1.33 bits per heavy atom. The van der Waals surface area contributed by atoms with Crippen LogP contribution >= 0.6 is 15.9 Å². The third kappa shape index (κ3) is 3.62. The molecule has 0 fully saturated rings. The Bertz CT molecular complexity index is 496. The van der Waals surface area contributed by atoms with E-state index in [2.05, 4.69) is 26.2 Å². The summed E-state index contributed by atoms with van der Waals surface area (Å²) < 4.78 is 14.0. The number of hydrogen-bond acceptors (Lipinski definition) is 2. The van der Waals surface area contributed by atoms with Crippen molar-refractivity contribution in [3.05, 3.63) is 64.1 Å². The molecule has 0 unspecified atom stereocenters. The van der Waals surface area contributed by atoms with Gasteiger partial charge in [-0.2, -0.15) is 0 Å². The summed E-state index contributed by atoms with van der Waals surface area (Å²) in [6.07, 6.45) is 1.77. The fourth-order valence-electron chi connectivity index (χ4n) is 1.72. The van der Waals surface area contributed by atoms with Crippen LogP contribution in [0.15, 0.2) is 47.1 Å². The van der Waals surface area contributed by atoms with E-state index in [9.17, 15) is 4.39 Å². The van der Waals surface area contributed by atoms with E-state index < -0.39 is 0 Å². The Morgan fingerprint density at radius 2 is 2.17 bits per heavy atom. The number of rotatable bonds is 4. The number of nitrogens with zero attached hydrogens (tertiary/aromatic N) is 1. The number of aromatic nitrogens is 1. The molecule has 0 aliphatic heterocycles. The minimum absolute atomic E-state index is 0.133. The molecule has 1 aromatic heterocycles. The largest absolute Gasteiger partial charge is 0.305 e. The van der Waals surface area contributed by atoms with Gasteiger partial charge in [0.05, 0.1) is 5.69 Å². The van der Waals surface area contributed by atoms with Gasteiger partial charge in [0.25, 0.3) is 0 Å². The number of nitrogens with one attached hydrogen (secondary N) is 1. The smallest absolute Gasteiger partial charge is 0.124 e. The lowest BCUT2D eigenvalue weighted by Gasteiger charge is -2.13. The first-order chi connectivity index (χ1) is 8.65. The third-order valence-electron chi connectivity index (χ3n) is 2.67. The Kier molecular flexibility index (Phi) is 4.44. The summed E-state index contributed by atoms with van der Waals surface area (Å²) in [5, 5.41) is 3.32. The SMILES string of the molecule is C[C@H](NCc1cc(F)cc(Br)c1)c1ccccn1. The minimum Gasteiger partial charge on any atom is -0.305 e. The van der Waals surface area contributed by atoms with E-state index in [1.807, 2.05) is 31.2 Å². The Balaban J connectivity index is 1.99. The highest BCUT2D eigenvalue weighted by molar-refractivity contribution is 9.10. The van der Waals surface area contributed by atoms with Crippen LogP contribution in [0.3, 0.4) is 0 Å². The molecule has 2 aromatic rings. The molecule has 1 aromatic carbocycles. The summed E-state index contributed by atoms with van der Waals surface area (Å²) in [5.74, 6) is -0.230. The van der Waals surface area contributed by atoms with Crippen molar-refractivity contribution in [3.63, 3.8) is 0 Å². The van der Waals surface area contributed by atoms with Crippen molar-refractivity contribution >= 4 is 15.9 Å². The normalized spacial score (nSPS) is 12.4. The average Bonchev–Trinajstić information content (AvgIpc) is 2.36. The summed E-state index contributed by atoms with van der Waals surface area (Å²) in [6.45, 7) is 2.64. The maximum atomic E-state index is 13.2. The lowest BCUT2D eigenvalue weighted by atomic mass is 10.2. The molecule has 2 rings (SSSR count). The van der Waals surface area contributed by atoms with Crippen LogP contribution < -0.4 is 5.32 Å². The van der Waals surface area contributed by atoms with E-state index in [0.717, 1.165) is 15.7 Å². The summed E-state index contributed by atoms with van der Waals surface area (Å²) >= 11 is 3.28. The van der Waals surface area contributed by atoms with Crippen molar-refractivity contribution in [1.82, 2.24) is 10.3 Å². The molecule has 94 valence electrons. The van der Waals surface area contributed by atoms with Crippen molar-refractivity contribution in [1.29, 1.82) is 0 Å². The third-order valence-corrected chi connectivity index (χ3v) is 3.12. The molecular weight excluding hydrogens is 295 g/mol. The van der Waals surface area contributed by atoms with E-state index in [-0.39, 0.29) is 11.9 Å². The summed E-state index contributed by atoms with van der Waals surface area (Å²) in [4.78, 5) is 4.28. The Hall–Kier alpha value is -1.26. The number of pyridine rings is 1. The zero-order chi connectivity index (χ0) is 13.0. The van der Waals surface area contributed by atoms with Crippen LogP contribution in [0, 0.1) is 5.82 Å². The van der Waals surface area contributed by atoms with Gasteiger partial charge in [0.1, 0.15) is 5.82 Å². The molecule has 0 aliphatic rings. The second kappa shape index (κ2) is 6.07. The summed E-state index contributed by atoms with van der Waals surface area (Å²) in [7, 11) is 0. The van der Waals surface area contributed by atoms with Gasteiger partial charge >= 0.3 is 0 Å². The van der Waals surface area contributed by atoms with Crippen LogP contribution in [0.25, 0.3) is 0 Å². The molecular formula is C14H14BrFN2. The maximum absolute atomic E-state index is 13.2. The second-order valence-electron chi connectivity index (χ2n) is 4.13. The molecule has 0 aliphatic carbocycles. The number of halogens is 2. The van der Waals surface area contributed by atoms with Gasteiger partial charge in [0.2, 0.25) is 0 Å². The van der Waals surface area contributed by atoms with Gasteiger partial charge in [-0.05, 0) is 42.8 Å². The lowest BCUT2D eigenvalue weighted by molar-refractivity contribution is 0.557. The minimum atomic E-state index is -0.230. The van der Waals surface area contributed by atoms with Gasteiger partial charge < -0.3 is 5.32 Å². The molecule has 0 radical (unpaired) electrons. The topological polar surface area (TPSA) is 24.9 Å². The molecule has 0 saturated heterocycles. The first-order valence-corrected chi connectivity index (χ1v) is 6.54. The molecule has 1 atom stereocenters. The molecule has 2 nitrogen and oxygen atoms in total. The monoisotopic (exact) mass is 308 g/mol. The van der Waals surface area contributed by atoms with Crippen LogP contribution in [0.2, 0.25) is 0 Å². The highest BCUT2D eigenvalue weighted by Crippen LogP contribution is 2.16. The fraction of sp³-hybridized carbons (Fsp3) is 0.214. The molecule has 0 amide bonds. The Labute approximate surface area is 114 Å². The molecule has 1 heterocycles. The quantitative estimate of drug-likeness (QED) is 0.928. The van der Waals surface area contributed by atoms with Gasteiger partial charge in [-0.3, -0.25) is 4.98 Å². The van der Waals surface area contributed by atoms with Crippen molar-refractivity contribution in [2.24, 2.45) is 0 Å². The van der Waals surface area contributed by atoms with Crippen LogP contribution in [0.1, 0.15) is 24.2 Å². The van der Waals surface area contributed by atoms with E-state index in [4.69, 9.17) is 0 Å². The maximum Gasteiger partial charge on any atom is 0.124 e. The lowest BCUT2D eigenvalue weighted by Crippen LogP contribution is -2.19. The van der Waals surface area contributed by atoms with Crippen LogP contribution in [-0.4, -0.2) is 4.98 Å². The summed E-state index contributed by atoms with van der Waals surface area (Å²) in [6, 6.07) is 10.8. The Morgan fingerprint density at radius 3 is 2.83 bits per heavy atom. The van der Waals surface area contributed by atoms with E-state index >= 15 is 0 Å². The molecule has 1 N–H and O–H groups in total. The van der Waals surface area contributed by atoms with Crippen molar-refractivity contribution in [2.45, 2.75) is 19.5 Å². The standard InChI is InChI=1S/C14H14BrFN2/c1-10(14-4-2-3-5-17-14)18-9-11-6-12(15)8-13(16)7-11/h2-8,10,18H,9H2,1H3/t10-/m0/s1. The predicted octanol–water partition coefficient (Wildman–Crippen LogP) is 3.83. The molecule has 0 spiro atoms. The molecule has 4 heteroatoms. The van der Waals surface area contributed by atoms with E-state index in [1.165, 1.54) is 12.1 Å². The molecule has 18 heavy (non-hydrogen) atoms. The van der Waals surface area contributed by atoms with Crippen molar-refractivity contribution < 1.29 is 4.39 Å². The number of benzene rings is 1. The van der Waals surface area contributed by atoms with Crippen LogP contribution in [-0.2, 0) is 6.54 Å². The van der Waals surface area contributed by atoms with E-state index in [1.54, 1.807) is 6.20 Å². The molecule has 0 saturated carbocycles. The highest BCUT2D eigenvalue weighted by Gasteiger charge is 2.06. The van der Waals surface area contributed by atoms with Gasteiger partial charge in [0, 0.05) is 23.3 Å². The van der Waals surface area contributed by atoms with Gasteiger partial charge in [-0.15, -0.1) is 0 Å². The zero-order valence-corrected chi connectivity index (χ0v) is 11.6. The fourth-order valence-corrected chi connectivity index (χ4v) is 2.23. The highest BCUT2D eigenvalue weighted by atomic mass is 79.9. The van der Waals surface area contributed by atoms with Crippen LogP contribution in [0.5, 0.6) is 0 Å². The summed E-state index contributed by atoms with van der Waals surface area (Å²) in [5.41, 5.74) is 1.89. The van der Waals surface area contributed by atoms with Gasteiger partial charge in [-0.1, -0.05) is 22.0 Å². The molecule has 0 bridgehead atoms. The average molecular weight is 309 g/mol. The number of hydrogen-bond donors (Lipinski definition) is 1. The van der Waals surface area contributed by atoms with E-state index in [0.29, 0.717) is 6.54 Å². The van der Waals surface area contributed by atoms with Crippen molar-refractivity contribution in [3.8, 4) is 0 Å².